The topological polar surface area (TPSA) is 51.7 Å². The lowest BCUT2D eigenvalue weighted by atomic mass is 10.0. The fraction of sp³-hybridized carbons (Fsp3) is 0.111. The van der Waals surface area contributed by atoms with Gasteiger partial charge < -0.3 is 9.47 Å². The fourth-order valence-electron chi connectivity index (χ4n) is 3.83. The van der Waals surface area contributed by atoms with Crippen molar-refractivity contribution in [2.24, 2.45) is 0 Å². The van der Waals surface area contributed by atoms with Crippen LogP contribution in [0, 0.1) is 0 Å². The molecule has 5 rings (SSSR count). The van der Waals surface area contributed by atoms with Crippen LogP contribution in [0.25, 0.3) is 21.0 Å². The summed E-state index contributed by atoms with van der Waals surface area (Å²) < 4.78 is 12.0. The molecule has 0 spiro atoms. The number of aromatic nitrogens is 1. The molecule has 0 bridgehead atoms. The van der Waals surface area contributed by atoms with E-state index in [1.54, 1.807) is 19.1 Å². The van der Waals surface area contributed by atoms with Gasteiger partial charge in [0.15, 0.2) is 5.13 Å². The SMILES string of the molecule is COc1ccc2sc(N(Cc3ccccc3)C(=O)c3cc4ccccc4cc3OC)nc2c1. The van der Waals surface area contributed by atoms with E-state index < -0.39 is 0 Å². The molecule has 0 unspecified atom stereocenters. The third kappa shape index (κ3) is 4.13. The Labute approximate surface area is 195 Å². The molecule has 0 aliphatic carbocycles. The van der Waals surface area contributed by atoms with E-state index in [-0.39, 0.29) is 5.91 Å². The largest absolute Gasteiger partial charge is 0.497 e. The van der Waals surface area contributed by atoms with Crippen molar-refractivity contribution >= 4 is 43.4 Å². The van der Waals surface area contributed by atoms with Gasteiger partial charge in [-0.15, -0.1) is 0 Å². The first kappa shape index (κ1) is 21.0. The number of nitrogens with zero attached hydrogens (tertiary/aromatic N) is 2. The third-order valence-corrected chi connectivity index (χ3v) is 6.60. The Morgan fingerprint density at radius 3 is 2.33 bits per heavy atom. The number of carbonyl (C=O) groups excluding carboxylic acids is 1. The molecule has 0 saturated carbocycles. The highest BCUT2D eigenvalue weighted by molar-refractivity contribution is 7.22. The molecule has 5 nitrogen and oxygen atoms in total. The van der Waals surface area contributed by atoms with Crippen LogP contribution in [0.15, 0.2) is 84.9 Å². The zero-order chi connectivity index (χ0) is 22.8. The molecule has 6 heteroatoms. The number of benzene rings is 4. The summed E-state index contributed by atoms with van der Waals surface area (Å²) in [7, 11) is 3.22. The summed E-state index contributed by atoms with van der Waals surface area (Å²) in [6.45, 7) is 0.395. The van der Waals surface area contributed by atoms with Gasteiger partial charge in [-0.2, -0.15) is 0 Å². The molecule has 1 heterocycles. The van der Waals surface area contributed by atoms with Crippen LogP contribution < -0.4 is 14.4 Å². The first-order valence-electron chi connectivity index (χ1n) is 10.5. The number of amides is 1. The summed E-state index contributed by atoms with van der Waals surface area (Å²) >= 11 is 1.48. The van der Waals surface area contributed by atoms with E-state index in [0.717, 1.165) is 32.3 Å². The van der Waals surface area contributed by atoms with Gasteiger partial charge in [-0.25, -0.2) is 4.98 Å². The summed E-state index contributed by atoms with van der Waals surface area (Å²) in [4.78, 5) is 20.5. The van der Waals surface area contributed by atoms with Crippen LogP contribution >= 0.6 is 11.3 Å². The second-order valence-corrected chi connectivity index (χ2v) is 8.62. The van der Waals surface area contributed by atoms with E-state index >= 15 is 0 Å². The van der Waals surface area contributed by atoms with Crippen molar-refractivity contribution in [2.45, 2.75) is 6.54 Å². The molecule has 0 aliphatic heterocycles. The number of methoxy groups -OCH3 is 2. The van der Waals surface area contributed by atoms with Crippen LogP contribution in [0.1, 0.15) is 15.9 Å². The van der Waals surface area contributed by atoms with Gasteiger partial charge in [-0.1, -0.05) is 65.9 Å². The zero-order valence-electron chi connectivity index (χ0n) is 18.3. The second-order valence-electron chi connectivity index (χ2n) is 7.61. The number of hydrogen-bond acceptors (Lipinski definition) is 5. The minimum Gasteiger partial charge on any atom is -0.497 e. The highest BCUT2D eigenvalue weighted by Gasteiger charge is 2.25. The summed E-state index contributed by atoms with van der Waals surface area (Å²) in [5.74, 6) is 1.11. The van der Waals surface area contributed by atoms with E-state index in [1.165, 1.54) is 11.3 Å². The van der Waals surface area contributed by atoms with Crippen LogP contribution in [0.3, 0.4) is 0 Å². The standard InChI is InChI=1S/C27H22N2O3S/c1-31-21-12-13-25-23(16-21)28-27(33-25)29(17-18-8-4-3-5-9-18)26(30)22-14-19-10-6-7-11-20(19)15-24(22)32-2/h3-16H,17H2,1-2H3. The molecule has 1 amide bonds. The Morgan fingerprint density at radius 1 is 0.879 bits per heavy atom. The van der Waals surface area contributed by atoms with E-state index in [0.29, 0.717) is 23.0 Å². The predicted octanol–water partition coefficient (Wildman–Crippen LogP) is 6.31. The van der Waals surface area contributed by atoms with Crippen LogP contribution in [0.2, 0.25) is 0 Å². The highest BCUT2D eigenvalue weighted by Crippen LogP contribution is 2.34. The molecule has 4 aromatic carbocycles. The van der Waals surface area contributed by atoms with E-state index in [1.807, 2.05) is 84.9 Å². The smallest absolute Gasteiger partial charge is 0.264 e. The summed E-state index contributed by atoms with van der Waals surface area (Å²) in [5, 5.41) is 2.63. The number of hydrogen-bond donors (Lipinski definition) is 0. The minimum atomic E-state index is -0.160. The van der Waals surface area contributed by atoms with Crippen LogP contribution in [-0.4, -0.2) is 25.1 Å². The highest BCUT2D eigenvalue weighted by atomic mass is 32.1. The normalized spacial score (nSPS) is 11.0. The summed E-state index contributed by atoms with van der Waals surface area (Å²) in [5.41, 5.74) is 2.32. The Balaban J connectivity index is 1.63. The lowest BCUT2D eigenvalue weighted by Crippen LogP contribution is -2.30. The number of fused-ring (bicyclic) bond motifs is 2. The molecule has 0 atom stereocenters. The first-order chi connectivity index (χ1) is 16.2. The lowest BCUT2D eigenvalue weighted by Gasteiger charge is -2.21. The van der Waals surface area contributed by atoms with Crippen LogP contribution in [0.4, 0.5) is 5.13 Å². The molecule has 0 saturated heterocycles. The molecule has 0 fully saturated rings. The summed E-state index contributed by atoms with van der Waals surface area (Å²) in [6, 6.07) is 27.4. The number of ether oxygens (including phenoxy) is 2. The predicted molar refractivity (Wildman–Crippen MR) is 134 cm³/mol. The molecule has 164 valence electrons. The molecular formula is C27H22N2O3S. The van der Waals surface area contributed by atoms with Crippen molar-refractivity contribution in [2.75, 3.05) is 19.1 Å². The van der Waals surface area contributed by atoms with Crippen molar-refractivity contribution in [1.29, 1.82) is 0 Å². The van der Waals surface area contributed by atoms with E-state index in [9.17, 15) is 4.79 Å². The Hall–Kier alpha value is -3.90. The van der Waals surface area contributed by atoms with Gasteiger partial charge in [-0.3, -0.25) is 9.69 Å². The molecule has 1 aromatic heterocycles. The maximum atomic E-state index is 14.0. The van der Waals surface area contributed by atoms with Crippen LogP contribution in [0.5, 0.6) is 11.5 Å². The van der Waals surface area contributed by atoms with E-state index in [2.05, 4.69) is 0 Å². The number of carbonyl (C=O) groups is 1. The summed E-state index contributed by atoms with van der Waals surface area (Å²) in [6.07, 6.45) is 0. The minimum absolute atomic E-state index is 0.160. The second kappa shape index (κ2) is 8.92. The van der Waals surface area contributed by atoms with Crippen molar-refractivity contribution in [3.63, 3.8) is 0 Å². The maximum absolute atomic E-state index is 14.0. The molecular weight excluding hydrogens is 432 g/mol. The maximum Gasteiger partial charge on any atom is 0.264 e. The van der Waals surface area contributed by atoms with Gasteiger partial charge >= 0.3 is 0 Å². The van der Waals surface area contributed by atoms with Crippen molar-refractivity contribution in [3.05, 3.63) is 96.1 Å². The average molecular weight is 455 g/mol. The molecule has 0 radical (unpaired) electrons. The van der Waals surface area contributed by atoms with Gasteiger partial charge in [0.1, 0.15) is 11.5 Å². The van der Waals surface area contributed by atoms with E-state index in [4.69, 9.17) is 14.5 Å². The Kier molecular flexibility index (Phi) is 5.67. The van der Waals surface area contributed by atoms with Crippen molar-refractivity contribution in [1.82, 2.24) is 4.98 Å². The van der Waals surface area contributed by atoms with Gasteiger partial charge in [0, 0.05) is 6.07 Å². The Morgan fingerprint density at radius 2 is 1.61 bits per heavy atom. The van der Waals surface area contributed by atoms with Gasteiger partial charge in [0.2, 0.25) is 0 Å². The molecule has 33 heavy (non-hydrogen) atoms. The van der Waals surface area contributed by atoms with Gasteiger partial charge in [0.05, 0.1) is 36.5 Å². The molecule has 0 N–H and O–H groups in total. The molecule has 0 aliphatic rings. The quantitative estimate of drug-likeness (QED) is 0.302. The van der Waals surface area contributed by atoms with Crippen molar-refractivity contribution < 1.29 is 14.3 Å². The third-order valence-electron chi connectivity index (χ3n) is 5.54. The Bertz CT molecular complexity index is 1450. The molecule has 5 aromatic rings. The monoisotopic (exact) mass is 454 g/mol. The average Bonchev–Trinajstić information content (AvgIpc) is 3.29. The number of anilines is 1. The van der Waals surface area contributed by atoms with Crippen LogP contribution in [-0.2, 0) is 6.54 Å². The van der Waals surface area contributed by atoms with Gasteiger partial charge in [0.25, 0.3) is 5.91 Å². The fourth-order valence-corrected chi connectivity index (χ4v) is 4.77. The number of thiazole rings is 1. The lowest BCUT2D eigenvalue weighted by molar-refractivity contribution is 0.0982. The first-order valence-corrected chi connectivity index (χ1v) is 11.3. The van der Waals surface area contributed by atoms with Gasteiger partial charge in [-0.05, 0) is 40.6 Å². The van der Waals surface area contributed by atoms with Crippen molar-refractivity contribution in [3.8, 4) is 11.5 Å². The number of rotatable bonds is 6. The zero-order valence-corrected chi connectivity index (χ0v) is 19.1.